The molecule has 0 aliphatic heterocycles. The topological polar surface area (TPSA) is 41.3 Å². The van der Waals surface area contributed by atoms with Crippen molar-refractivity contribution in [3.8, 4) is 0 Å². The van der Waals surface area contributed by atoms with E-state index < -0.39 is 0 Å². The maximum Gasteiger partial charge on any atom is 0.138 e. The molecule has 4 heteroatoms. The zero-order valence-corrected chi connectivity index (χ0v) is 13.6. The number of nitrogens with one attached hydrogen (secondary N) is 1. The molecule has 1 aromatic heterocycles. The molecule has 4 nitrogen and oxygen atoms in total. The zero-order chi connectivity index (χ0) is 14.8. The second kappa shape index (κ2) is 6.27. The van der Waals surface area contributed by atoms with E-state index in [0.717, 1.165) is 30.5 Å². The van der Waals surface area contributed by atoms with Gasteiger partial charge in [-0.25, -0.2) is 0 Å². The lowest BCUT2D eigenvalue weighted by molar-refractivity contribution is 0.0749. The van der Waals surface area contributed by atoms with E-state index >= 15 is 0 Å². The molecule has 114 valence electrons. The van der Waals surface area contributed by atoms with Crippen molar-refractivity contribution < 1.29 is 4.52 Å². The largest absolute Gasteiger partial charge is 0.361 e. The summed E-state index contributed by atoms with van der Waals surface area (Å²) >= 11 is 0. The summed E-state index contributed by atoms with van der Waals surface area (Å²) in [4.78, 5) is 2.42. The van der Waals surface area contributed by atoms with Crippen LogP contribution < -0.4 is 5.32 Å². The Morgan fingerprint density at radius 1 is 1.40 bits per heavy atom. The molecule has 0 saturated heterocycles. The van der Waals surface area contributed by atoms with Crippen molar-refractivity contribution >= 4 is 0 Å². The first-order chi connectivity index (χ1) is 9.44. The molecule has 20 heavy (non-hydrogen) atoms. The number of aryl methyl sites for hydroxylation is 2. The molecule has 2 atom stereocenters. The molecule has 1 aromatic rings. The molecule has 0 bridgehead atoms. The van der Waals surface area contributed by atoms with Crippen LogP contribution in [0.2, 0.25) is 0 Å². The highest BCUT2D eigenvalue weighted by molar-refractivity contribution is 5.20. The molecular weight excluding hydrogens is 250 g/mol. The maximum absolute atomic E-state index is 5.23. The second-order valence-corrected chi connectivity index (χ2v) is 6.73. The van der Waals surface area contributed by atoms with Gasteiger partial charge in [-0.05, 0) is 46.7 Å². The van der Waals surface area contributed by atoms with Crippen LogP contribution in [0.4, 0.5) is 0 Å². The van der Waals surface area contributed by atoms with Crippen molar-refractivity contribution in [1.82, 2.24) is 15.4 Å². The van der Waals surface area contributed by atoms with Crippen LogP contribution in [-0.4, -0.2) is 36.2 Å². The third-order valence-corrected chi connectivity index (χ3v) is 4.95. The number of aromatic nitrogens is 1. The summed E-state index contributed by atoms with van der Waals surface area (Å²) in [6, 6.07) is 0. The Labute approximate surface area is 122 Å². The summed E-state index contributed by atoms with van der Waals surface area (Å²) in [6.45, 7) is 8.27. The molecule has 1 fully saturated rings. The predicted molar refractivity (Wildman–Crippen MR) is 81.7 cm³/mol. The minimum absolute atomic E-state index is 0.302. The minimum Gasteiger partial charge on any atom is -0.361 e. The maximum atomic E-state index is 5.23. The van der Waals surface area contributed by atoms with Crippen molar-refractivity contribution in [3.63, 3.8) is 0 Å². The van der Waals surface area contributed by atoms with E-state index in [1.54, 1.807) is 0 Å². The average Bonchev–Trinajstić information content (AvgIpc) is 2.70. The van der Waals surface area contributed by atoms with E-state index in [1.165, 1.54) is 31.2 Å². The number of nitrogens with zero attached hydrogens (tertiary/aromatic N) is 2. The molecule has 0 aromatic carbocycles. The van der Waals surface area contributed by atoms with E-state index in [4.69, 9.17) is 4.52 Å². The summed E-state index contributed by atoms with van der Waals surface area (Å²) in [5.74, 6) is 1.76. The van der Waals surface area contributed by atoms with Gasteiger partial charge in [0.2, 0.25) is 0 Å². The van der Waals surface area contributed by atoms with Crippen molar-refractivity contribution in [2.75, 3.05) is 20.6 Å². The first-order valence-electron chi connectivity index (χ1n) is 7.74. The van der Waals surface area contributed by atoms with E-state index in [0.29, 0.717) is 5.54 Å². The van der Waals surface area contributed by atoms with Gasteiger partial charge in [0, 0.05) is 24.2 Å². The Morgan fingerprint density at radius 2 is 2.15 bits per heavy atom. The van der Waals surface area contributed by atoms with Gasteiger partial charge in [-0.2, -0.15) is 0 Å². The normalized spacial score (nSPS) is 27.2. The second-order valence-electron chi connectivity index (χ2n) is 6.73. The lowest BCUT2D eigenvalue weighted by atomic mass is 9.75. The summed E-state index contributed by atoms with van der Waals surface area (Å²) < 4.78 is 5.23. The van der Waals surface area contributed by atoms with E-state index in [2.05, 4.69) is 36.4 Å². The van der Waals surface area contributed by atoms with Gasteiger partial charge in [0.1, 0.15) is 5.76 Å². The number of hydrogen-bond donors (Lipinski definition) is 1. The van der Waals surface area contributed by atoms with Gasteiger partial charge in [-0.15, -0.1) is 0 Å². The standard InChI is InChI=1S/C16H29N3O/c1-12-7-6-8-16(9-12,19(4)5)11-17-10-15-13(2)18-20-14(15)3/h12,17H,6-11H2,1-5H3. The first-order valence-corrected chi connectivity index (χ1v) is 7.74. The molecule has 0 amide bonds. The molecule has 0 spiro atoms. The van der Waals surface area contributed by atoms with Crippen LogP contribution in [0.3, 0.4) is 0 Å². The van der Waals surface area contributed by atoms with Gasteiger partial charge < -0.3 is 14.7 Å². The molecule has 1 aliphatic carbocycles. The fourth-order valence-electron chi connectivity index (χ4n) is 3.53. The summed E-state index contributed by atoms with van der Waals surface area (Å²) in [6.07, 6.45) is 5.29. The Hall–Kier alpha value is -0.870. The van der Waals surface area contributed by atoms with E-state index in [1.807, 2.05) is 13.8 Å². The van der Waals surface area contributed by atoms with E-state index in [-0.39, 0.29) is 0 Å². The van der Waals surface area contributed by atoms with Crippen LogP contribution in [0.5, 0.6) is 0 Å². The highest BCUT2D eigenvalue weighted by Gasteiger charge is 2.36. The van der Waals surface area contributed by atoms with Crippen molar-refractivity contribution in [3.05, 3.63) is 17.0 Å². The highest BCUT2D eigenvalue weighted by atomic mass is 16.5. The third kappa shape index (κ3) is 3.23. The molecule has 0 radical (unpaired) electrons. The molecule has 1 heterocycles. The molecular formula is C16H29N3O. The number of likely N-dealkylation sites (N-methyl/N-ethyl adjacent to an activating group) is 1. The van der Waals surface area contributed by atoms with Crippen LogP contribution in [0.1, 0.15) is 49.6 Å². The first kappa shape index (κ1) is 15.5. The summed E-state index contributed by atoms with van der Waals surface area (Å²) in [5, 5.41) is 7.66. The van der Waals surface area contributed by atoms with Gasteiger partial charge in [0.05, 0.1) is 5.69 Å². The quantitative estimate of drug-likeness (QED) is 0.900. The van der Waals surface area contributed by atoms with Gasteiger partial charge in [-0.1, -0.05) is 24.9 Å². The Bertz CT molecular complexity index is 421. The SMILES string of the molecule is Cc1noc(C)c1CNCC1(N(C)C)CCCC(C)C1. The molecule has 2 rings (SSSR count). The van der Waals surface area contributed by atoms with Crippen LogP contribution in [0.15, 0.2) is 4.52 Å². The zero-order valence-electron chi connectivity index (χ0n) is 13.6. The molecule has 2 unspecified atom stereocenters. The van der Waals surface area contributed by atoms with Crippen molar-refractivity contribution in [1.29, 1.82) is 0 Å². The molecule has 1 aliphatic rings. The lowest BCUT2D eigenvalue weighted by Gasteiger charge is -2.45. The summed E-state index contributed by atoms with van der Waals surface area (Å²) in [7, 11) is 4.44. The lowest BCUT2D eigenvalue weighted by Crippen LogP contribution is -2.54. The van der Waals surface area contributed by atoms with Gasteiger partial charge in [0.25, 0.3) is 0 Å². The highest BCUT2D eigenvalue weighted by Crippen LogP contribution is 2.35. The monoisotopic (exact) mass is 279 g/mol. The van der Waals surface area contributed by atoms with Crippen LogP contribution in [0, 0.1) is 19.8 Å². The van der Waals surface area contributed by atoms with Crippen LogP contribution in [0.25, 0.3) is 0 Å². The van der Waals surface area contributed by atoms with E-state index in [9.17, 15) is 0 Å². The van der Waals surface area contributed by atoms with Crippen molar-refractivity contribution in [2.45, 2.75) is 58.5 Å². The third-order valence-electron chi connectivity index (χ3n) is 4.95. The van der Waals surface area contributed by atoms with Crippen LogP contribution >= 0.6 is 0 Å². The Balaban J connectivity index is 1.96. The van der Waals surface area contributed by atoms with Gasteiger partial charge in [0.15, 0.2) is 0 Å². The summed E-state index contributed by atoms with van der Waals surface area (Å²) in [5.41, 5.74) is 2.52. The molecule has 1 saturated carbocycles. The molecule has 1 N–H and O–H groups in total. The fourth-order valence-corrected chi connectivity index (χ4v) is 3.53. The van der Waals surface area contributed by atoms with Crippen LogP contribution in [-0.2, 0) is 6.54 Å². The smallest absolute Gasteiger partial charge is 0.138 e. The fraction of sp³-hybridized carbons (Fsp3) is 0.812. The van der Waals surface area contributed by atoms with Crippen molar-refractivity contribution in [2.24, 2.45) is 5.92 Å². The van der Waals surface area contributed by atoms with Gasteiger partial charge in [-0.3, -0.25) is 0 Å². The number of hydrogen-bond acceptors (Lipinski definition) is 4. The average molecular weight is 279 g/mol. The Morgan fingerprint density at radius 3 is 2.70 bits per heavy atom. The van der Waals surface area contributed by atoms with Gasteiger partial charge >= 0.3 is 0 Å². The predicted octanol–water partition coefficient (Wildman–Crippen LogP) is 2.89. The Kier molecular flexibility index (Phi) is 4.86. The minimum atomic E-state index is 0.302. The number of rotatable bonds is 5.